The minimum Gasteiger partial charge on any atom is -0.492 e. The van der Waals surface area contributed by atoms with Gasteiger partial charge in [-0.05, 0) is 24.6 Å². The molecule has 3 rings (SSSR count). The van der Waals surface area contributed by atoms with Crippen LogP contribution in [0.15, 0.2) is 48.5 Å². The SMILES string of the molecule is Cc1ccc2c(c1)C(=O)CC(c1ccccc1)CO2. The summed E-state index contributed by atoms with van der Waals surface area (Å²) in [6.45, 7) is 2.55. The Bertz CT molecular complexity index is 602. The molecule has 1 heterocycles. The molecule has 2 aromatic rings. The molecular weight excluding hydrogens is 236 g/mol. The first-order chi connectivity index (χ1) is 9.24. The summed E-state index contributed by atoms with van der Waals surface area (Å²) in [4.78, 5) is 12.4. The molecule has 2 aromatic carbocycles. The molecular formula is C17H16O2. The van der Waals surface area contributed by atoms with Crippen molar-refractivity contribution in [3.8, 4) is 5.75 Å². The van der Waals surface area contributed by atoms with Crippen molar-refractivity contribution in [2.45, 2.75) is 19.3 Å². The molecule has 19 heavy (non-hydrogen) atoms. The Morgan fingerprint density at radius 1 is 1.11 bits per heavy atom. The van der Waals surface area contributed by atoms with Gasteiger partial charge in [0.05, 0.1) is 12.2 Å². The van der Waals surface area contributed by atoms with Crippen LogP contribution in [0.2, 0.25) is 0 Å². The van der Waals surface area contributed by atoms with Crippen LogP contribution in [0.5, 0.6) is 5.75 Å². The van der Waals surface area contributed by atoms with Gasteiger partial charge in [0.1, 0.15) is 5.75 Å². The fraction of sp³-hybridized carbons (Fsp3) is 0.235. The fourth-order valence-corrected chi connectivity index (χ4v) is 2.51. The summed E-state index contributed by atoms with van der Waals surface area (Å²) in [6.07, 6.45) is 0.514. The Balaban J connectivity index is 1.92. The molecule has 0 N–H and O–H groups in total. The molecule has 0 bridgehead atoms. The zero-order valence-electron chi connectivity index (χ0n) is 10.9. The van der Waals surface area contributed by atoms with Crippen molar-refractivity contribution in [1.29, 1.82) is 0 Å². The van der Waals surface area contributed by atoms with E-state index in [4.69, 9.17) is 4.74 Å². The first-order valence-corrected chi connectivity index (χ1v) is 6.55. The van der Waals surface area contributed by atoms with Crippen LogP contribution in [0.4, 0.5) is 0 Å². The van der Waals surface area contributed by atoms with Gasteiger partial charge in [-0.15, -0.1) is 0 Å². The highest BCUT2D eigenvalue weighted by atomic mass is 16.5. The highest BCUT2D eigenvalue weighted by Crippen LogP contribution is 2.31. The van der Waals surface area contributed by atoms with E-state index >= 15 is 0 Å². The number of carbonyl (C=O) groups excluding carboxylic acids is 1. The van der Waals surface area contributed by atoms with Crippen molar-refractivity contribution in [1.82, 2.24) is 0 Å². The largest absolute Gasteiger partial charge is 0.492 e. The molecule has 1 aliphatic rings. The maximum Gasteiger partial charge on any atom is 0.167 e. The zero-order chi connectivity index (χ0) is 13.2. The number of aryl methyl sites for hydroxylation is 1. The van der Waals surface area contributed by atoms with Crippen LogP contribution in [0, 0.1) is 6.92 Å². The lowest BCUT2D eigenvalue weighted by atomic mass is 9.93. The van der Waals surface area contributed by atoms with Crippen LogP contribution in [-0.4, -0.2) is 12.4 Å². The summed E-state index contributed by atoms with van der Waals surface area (Å²) < 4.78 is 5.82. The number of fused-ring (bicyclic) bond motifs is 1. The lowest BCUT2D eigenvalue weighted by molar-refractivity contribution is 0.0976. The normalized spacial score (nSPS) is 18.4. The standard InChI is InChI=1S/C17H16O2/c1-12-7-8-17-15(9-12)16(18)10-14(11-19-17)13-5-3-2-4-6-13/h2-9,14H,10-11H2,1H3. The lowest BCUT2D eigenvalue weighted by Crippen LogP contribution is -2.10. The molecule has 1 atom stereocenters. The average molecular weight is 252 g/mol. The first-order valence-electron chi connectivity index (χ1n) is 6.55. The van der Waals surface area contributed by atoms with Crippen molar-refractivity contribution in [2.24, 2.45) is 0 Å². The van der Waals surface area contributed by atoms with Crippen LogP contribution in [0.25, 0.3) is 0 Å². The molecule has 1 unspecified atom stereocenters. The maximum atomic E-state index is 12.4. The molecule has 0 saturated carbocycles. The van der Waals surface area contributed by atoms with Gasteiger partial charge >= 0.3 is 0 Å². The minimum absolute atomic E-state index is 0.140. The number of benzene rings is 2. The van der Waals surface area contributed by atoms with E-state index in [0.717, 1.165) is 11.1 Å². The molecule has 0 radical (unpaired) electrons. The monoisotopic (exact) mass is 252 g/mol. The number of ether oxygens (including phenoxy) is 1. The van der Waals surface area contributed by atoms with Crippen LogP contribution < -0.4 is 4.74 Å². The van der Waals surface area contributed by atoms with Gasteiger partial charge in [0.25, 0.3) is 0 Å². The summed E-state index contributed by atoms with van der Waals surface area (Å²) in [7, 11) is 0. The van der Waals surface area contributed by atoms with Crippen molar-refractivity contribution in [2.75, 3.05) is 6.61 Å². The molecule has 0 saturated heterocycles. The Kier molecular flexibility index (Phi) is 3.08. The molecule has 0 spiro atoms. The predicted molar refractivity (Wildman–Crippen MR) is 74.8 cm³/mol. The Hall–Kier alpha value is -2.09. The minimum atomic E-state index is 0.140. The second-order valence-electron chi connectivity index (χ2n) is 5.05. The summed E-state index contributed by atoms with van der Waals surface area (Å²) in [5.74, 6) is 1.03. The van der Waals surface area contributed by atoms with Crippen molar-refractivity contribution in [3.05, 3.63) is 65.2 Å². The van der Waals surface area contributed by atoms with E-state index in [1.165, 1.54) is 5.56 Å². The average Bonchev–Trinajstić information content (AvgIpc) is 2.60. The van der Waals surface area contributed by atoms with Gasteiger partial charge in [-0.1, -0.05) is 42.0 Å². The first kappa shape index (κ1) is 12.0. The molecule has 96 valence electrons. The second kappa shape index (κ2) is 4.88. The summed E-state index contributed by atoms with van der Waals surface area (Å²) in [5.41, 5.74) is 2.98. The highest BCUT2D eigenvalue weighted by molar-refractivity contribution is 5.99. The number of ketones is 1. The molecule has 2 heteroatoms. The van der Waals surface area contributed by atoms with E-state index < -0.39 is 0 Å². The Morgan fingerprint density at radius 3 is 2.68 bits per heavy atom. The Labute approximate surface area is 113 Å². The van der Waals surface area contributed by atoms with Crippen LogP contribution in [0.3, 0.4) is 0 Å². The molecule has 0 fully saturated rings. The second-order valence-corrected chi connectivity index (χ2v) is 5.05. The van der Waals surface area contributed by atoms with Gasteiger partial charge in [0.15, 0.2) is 5.78 Å². The topological polar surface area (TPSA) is 26.3 Å². The van der Waals surface area contributed by atoms with Gasteiger partial charge < -0.3 is 4.74 Å². The van der Waals surface area contributed by atoms with Gasteiger partial charge in [-0.2, -0.15) is 0 Å². The molecule has 1 aliphatic heterocycles. The molecule has 0 aromatic heterocycles. The van der Waals surface area contributed by atoms with Gasteiger partial charge in [0, 0.05) is 12.3 Å². The molecule has 2 nitrogen and oxygen atoms in total. The van der Waals surface area contributed by atoms with Gasteiger partial charge in [-0.25, -0.2) is 0 Å². The van der Waals surface area contributed by atoms with Crippen LogP contribution >= 0.6 is 0 Å². The number of rotatable bonds is 1. The fourth-order valence-electron chi connectivity index (χ4n) is 2.51. The highest BCUT2D eigenvalue weighted by Gasteiger charge is 2.24. The van der Waals surface area contributed by atoms with E-state index in [2.05, 4.69) is 12.1 Å². The summed E-state index contributed by atoms with van der Waals surface area (Å²) in [6, 6.07) is 15.9. The van der Waals surface area contributed by atoms with Gasteiger partial charge in [-0.3, -0.25) is 4.79 Å². The third-order valence-electron chi connectivity index (χ3n) is 3.58. The summed E-state index contributed by atoms with van der Waals surface area (Å²) >= 11 is 0. The van der Waals surface area contributed by atoms with Crippen LogP contribution in [-0.2, 0) is 0 Å². The molecule has 0 amide bonds. The molecule has 0 aliphatic carbocycles. The van der Waals surface area contributed by atoms with E-state index in [1.807, 2.05) is 43.3 Å². The number of hydrogen-bond donors (Lipinski definition) is 0. The summed E-state index contributed by atoms with van der Waals surface area (Å²) in [5, 5.41) is 0. The van der Waals surface area contributed by atoms with Crippen LogP contribution in [0.1, 0.15) is 33.8 Å². The van der Waals surface area contributed by atoms with E-state index in [9.17, 15) is 4.79 Å². The van der Waals surface area contributed by atoms with Gasteiger partial charge in [0.2, 0.25) is 0 Å². The lowest BCUT2D eigenvalue weighted by Gasteiger charge is -2.13. The van der Waals surface area contributed by atoms with Crippen molar-refractivity contribution in [3.63, 3.8) is 0 Å². The predicted octanol–water partition coefficient (Wildman–Crippen LogP) is 3.74. The van der Waals surface area contributed by atoms with Crippen molar-refractivity contribution < 1.29 is 9.53 Å². The zero-order valence-corrected chi connectivity index (χ0v) is 10.9. The van der Waals surface area contributed by atoms with E-state index in [-0.39, 0.29) is 11.7 Å². The third-order valence-corrected chi connectivity index (χ3v) is 3.58. The number of carbonyl (C=O) groups is 1. The number of Topliss-reactive ketones (excluding diaryl/α,β-unsaturated/α-hetero) is 1. The van der Waals surface area contributed by atoms with Crippen molar-refractivity contribution >= 4 is 5.78 Å². The quantitative estimate of drug-likeness (QED) is 0.772. The Morgan fingerprint density at radius 2 is 1.89 bits per heavy atom. The smallest absolute Gasteiger partial charge is 0.167 e. The number of hydrogen-bond acceptors (Lipinski definition) is 2. The third kappa shape index (κ3) is 2.39. The van der Waals surface area contributed by atoms with E-state index in [1.54, 1.807) is 0 Å². The van der Waals surface area contributed by atoms with E-state index in [0.29, 0.717) is 18.8 Å². The maximum absolute atomic E-state index is 12.4.